The third kappa shape index (κ3) is 4.08. The fraction of sp³-hybridized carbons (Fsp3) is 0.0556. The molecule has 0 saturated carbocycles. The van der Waals surface area contributed by atoms with Crippen LogP contribution in [0.15, 0.2) is 46.2 Å². The Hall–Kier alpha value is -3.37. The molecule has 2 aromatic carbocycles. The number of nitro groups is 1. The molecule has 0 aliphatic carbocycles. The SMILES string of the molecule is Cc1cc(N=Cc2c(O)n(-c3ccc(F)c(Cl)c3)c(=S)[nH]c2=O)ccc1[N+](=O)[O-]. The van der Waals surface area contributed by atoms with Crippen molar-refractivity contribution in [3.8, 4) is 11.6 Å². The summed E-state index contributed by atoms with van der Waals surface area (Å²) in [5.41, 5.74) is -0.0121. The molecule has 8 nitrogen and oxygen atoms in total. The summed E-state index contributed by atoms with van der Waals surface area (Å²) < 4.78 is 14.4. The second-order valence-corrected chi connectivity index (χ2v) is 6.71. The van der Waals surface area contributed by atoms with Gasteiger partial charge in [-0.25, -0.2) is 4.39 Å². The number of hydrogen-bond donors (Lipinski definition) is 2. The van der Waals surface area contributed by atoms with E-state index >= 15 is 0 Å². The molecule has 0 atom stereocenters. The summed E-state index contributed by atoms with van der Waals surface area (Å²) in [6.45, 7) is 1.56. The molecule has 3 aromatic rings. The molecule has 2 N–H and O–H groups in total. The molecule has 29 heavy (non-hydrogen) atoms. The number of H-pyrrole nitrogens is 1. The van der Waals surface area contributed by atoms with E-state index in [9.17, 15) is 24.4 Å². The third-order valence-electron chi connectivity index (χ3n) is 4.00. The second-order valence-electron chi connectivity index (χ2n) is 5.92. The topological polar surface area (TPSA) is 114 Å². The molecule has 0 unspecified atom stereocenters. The van der Waals surface area contributed by atoms with Gasteiger partial charge in [-0.15, -0.1) is 0 Å². The highest BCUT2D eigenvalue weighted by Crippen LogP contribution is 2.25. The number of aromatic amines is 1. The van der Waals surface area contributed by atoms with Crippen LogP contribution in [0.25, 0.3) is 5.69 Å². The fourth-order valence-corrected chi connectivity index (χ4v) is 3.04. The lowest BCUT2D eigenvalue weighted by Gasteiger charge is -2.11. The molecular weight excluding hydrogens is 423 g/mol. The summed E-state index contributed by atoms with van der Waals surface area (Å²) in [5, 5.41) is 21.3. The van der Waals surface area contributed by atoms with Crippen molar-refractivity contribution >= 4 is 41.4 Å². The number of rotatable bonds is 4. The quantitative estimate of drug-likeness (QED) is 0.274. The van der Waals surface area contributed by atoms with Crippen molar-refractivity contribution in [2.24, 2.45) is 4.99 Å². The van der Waals surface area contributed by atoms with Crippen molar-refractivity contribution in [3.63, 3.8) is 0 Å². The normalized spacial score (nSPS) is 11.1. The highest BCUT2D eigenvalue weighted by atomic mass is 35.5. The number of nitrogens with zero attached hydrogens (tertiary/aromatic N) is 3. The van der Waals surface area contributed by atoms with Gasteiger partial charge in [-0.3, -0.25) is 29.5 Å². The van der Waals surface area contributed by atoms with Crippen LogP contribution in [0.2, 0.25) is 5.02 Å². The molecule has 1 heterocycles. The van der Waals surface area contributed by atoms with E-state index in [4.69, 9.17) is 23.8 Å². The lowest BCUT2D eigenvalue weighted by Crippen LogP contribution is -2.18. The lowest BCUT2D eigenvalue weighted by atomic mass is 10.2. The summed E-state index contributed by atoms with van der Waals surface area (Å²) >= 11 is 10.9. The first-order chi connectivity index (χ1) is 13.7. The van der Waals surface area contributed by atoms with Crippen molar-refractivity contribution in [3.05, 3.63) is 83.6 Å². The van der Waals surface area contributed by atoms with Gasteiger partial charge in [-0.2, -0.15) is 0 Å². The largest absolute Gasteiger partial charge is 0.494 e. The number of nitro benzene ring substituents is 1. The minimum absolute atomic E-state index is 0.0638. The van der Waals surface area contributed by atoms with E-state index in [0.29, 0.717) is 11.3 Å². The summed E-state index contributed by atoms with van der Waals surface area (Å²) in [4.78, 5) is 29.1. The number of aliphatic imine (C=N–C) groups is 1. The van der Waals surface area contributed by atoms with Gasteiger partial charge in [0.25, 0.3) is 11.2 Å². The van der Waals surface area contributed by atoms with Crippen LogP contribution in [0.3, 0.4) is 0 Å². The van der Waals surface area contributed by atoms with Gasteiger partial charge >= 0.3 is 0 Å². The molecule has 148 valence electrons. The van der Waals surface area contributed by atoms with Crippen LogP contribution < -0.4 is 5.56 Å². The summed E-state index contributed by atoms with van der Waals surface area (Å²) in [5.74, 6) is -1.18. The number of aromatic nitrogens is 2. The zero-order chi connectivity index (χ0) is 21.3. The van der Waals surface area contributed by atoms with E-state index in [0.717, 1.165) is 16.8 Å². The average molecular weight is 435 g/mol. The van der Waals surface area contributed by atoms with E-state index in [2.05, 4.69) is 9.98 Å². The van der Waals surface area contributed by atoms with Crippen molar-refractivity contribution < 1.29 is 14.4 Å². The Balaban J connectivity index is 2.09. The lowest BCUT2D eigenvalue weighted by molar-refractivity contribution is -0.385. The third-order valence-corrected chi connectivity index (χ3v) is 4.58. The van der Waals surface area contributed by atoms with Gasteiger partial charge in [0.05, 0.1) is 21.3 Å². The van der Waals surface area contributed by atoms with Crippen LogP contribution in [0, 0.1) is 27.6 Å². The zero-order valence-electron chi connectivity index (χ0n) is 14.7. The number of nitrogens with one attached hydrogen (secondary N) is 1. The minimum atomic E-state index is -0.695. The number of hydrogen-bond acceptors (Lipinski definition) is 6. The predicted molar refractivity (Wildman–Crippen MR) is 109 cm³/mol. The Labute approximate surface area is 172 Å². The Morgan fingerprint density at radius 1 is 1.34 bits per heavy atom. The van der Waals surface area contributed by atoms with Crippen molar-refractivity contribution in [1.82, 2.24) is 9.55 Å². The second kappa shape index (κ2) is 7.94. The maximum absolute atomic E-state index is 13.4. The first-order valence-electron chi connectivity index (χ1n) is 8.02. The number of halogens is 2. The fourth-order valence-electron chi connectivity index (χ4n) is 2.58. The van der Waals surface area contributed by atoms with Crippen LogP contribution in [0.5, 0.6) is 5.88 Å². The smallest absolute Gasteiger partial charge is 0.272 e. The van der Waals surface area contributed by atoms with E-state index < -0.39 is 22.2 Å². The molecule has 0 bridgehead atoms. The Bertz CT molecular complexity index is 1290. The monoisotopic (exact) mass is 434 g/mol. The molecule has 0 saturated heterocycles. The molecule has 3 rings (SSSR count). The molecular formula is C18H12ClFN4O4S. The first-order valence-corrected chi connectivity index (χ1v) is 8.80. The van der Waals surface area contributed by atoms with Gasteiger partial charge in [0.15, 0.2) is 4.77 Å². The van der Waals surface area contributed by atoms with Gasteiger partial charge in [0, 0.05) is 17.8 Å². The summed E-state index contributed by atoms with van der Waals surface area (Å²) in [6.07, 6.45) is 1.10. The maximum atomic E-state index is 13.4. The number of benzene rings is 2. The van der Waals surface area contributed by atoms with E-state index in [-0.39, 0.29) is 26.7 Å². The van der Waals surface area contributed by atoms with Gasteiger partial charge in [0.1, 0.15) is 11.4 Å². The predicted octanol–water partition coefficient (Wildman–Crippen LogP) is 4.36. The van der Waals surface area contributed by atoms with Crippen LogP contribution >= 0.6 is 23.8 Å². The van der Waals surface area contributed by atoms with Gasteiger partial charge in [-0.05, 0) is 49.5 Å². The molecule has 0 aliphatic heterocycles. The molecule has 0 spiro atoms. The van der Waals surface area contributed by atoms with E-state index in [1.807, 2.05) is 0 Å². The molecule has 0 fully saturated rings. The molecule has 11 heteroatoms. The minimum Gasteiger partial charge on any atom is -0.494 e. The maximum Gasteiger partial charge on any atom is 0.272 e. The van der Waals surface area contributed by atoms with Crippen molar-refractivity contribution in [2.45, 2.75) is 6.92 Å². The number of aromatic hydroxyl groups is 1. The van der Waals surface area contributed by atoms with Crippen LogP contribution in [-0.2, 0) is 0 Å². The van der Waals surface area contributed by atoms with Gasteiger partial charge < -0.3 is 5.11 Å². The van der Waals surface area contributed by atoms with Crippen molar-refractivity contribution in [2.75, 3.05) is 0 Å². The Morgan fingerprint density at radius 2 is 2.07 bits per heavy atom. The highest BCUT2D eigenvalue weighted by molar-refractivity contribution is 7.71. The summed E-state index contributed by atoms with van der Waals surface area (Å²) in [6, 6.07) is 7.83. The zero-order valence-corrected chi connectivity index (χ0v) is 16.3. The van der Waals surface area contributed by atoms with Crippen molar-refractivity contribution in [1.29, 1.82) is 0 Å². The van der Waals surface area contributed by atoms with Crippen LogP contribution in [-0.4, -0.2) is 25.8 Å². The molecule has 0 aliphatic rings. The van der Waals surface area contributed by atoms with E-state index in [1.54, 1.807) is 6.92 Å². The number of aryl methyl sites for hydroxylation is 1. The summed E-state index contributed by atoms with van der Waals surface area (Å²) in [7, 11) is 0. The van der Waals surface area contributed by atoms with E-state index in [1.165, 1.54) is 30.3 Å². The average Bonchev–Trinajstić information content (AvgIpc) is 2.64. The molecule has 1 aromatic heterocycles. The highest BCUT2D eigenvalue weighted by Gasteiger charge is 2.14. The first kappa shape index (κ1) is 20.4. The molecule has 0 amide bonds. The van der Waals surface area contributed by atoms with Crippen LogP contribution in [0.4, 0.5) is 15.8 Å². The van der Waals surface area contributed by atoms with Gasteiger partial charge in [-0.1, -0.05) is 11.6 Å². The Morgan fingerprint density at radius 3 is 2.69 bits per heavy atom. The van der Waals surface area contributed by atoms with Gasteiger partial charge in [0.2, 0.25) is 5.88 Å². The Kier molecular flexibility index (Phi) is 5.57. The van der Waals surface area contributed by atoms with Crippen LogP contribution in [0.1, 0.15) is 11.1 Å². The molecule has 0 radical (unpaired) electrons. The standard InChI is InChI=1S/C18H12ClFN4O4S/c1-9-6-10(2-5-15(9)24(27)28)21-8-12-16(25)22-18(29)23(17(12)26)11-3-4-14(20)13(19)7-11/h2-8,26H,1H3,(H,22,25,29).